The Kier molecular flexibility index (Phi) is 8.28. The highest BCUT2D eigenvalue weighted by atomic mass is 16.5. The first-order chi connectivity index (χ1) is 14.4. The van der Waals surface area contributed by atoms with Crippen LogP contribution in [-0.4, -0.2) is 44.7 Å². The fraction of sp³-hybridized carbons (Fsp3) is 0.381. The van der Waals surface area contributed by atoms with E-state index < -0.39 is 17.8 Å². The third-order valence-electron chi connectivity index (χ3n) is 3.95. The van der Waals surface area contributed by atoms with Crippen LogP contribution in [0.15, 0.2) is 28.7 Å². The van der Waals surface area contributed by atoms with Crippen molar-refractivity contribution in [1.82, 2.24) is 5.32 Å². The average molecular weight is 419 g/mol. The molecule has 0 spiro atoms. The summed E-state index contributed by atoms with van der Waals surface area (Å²) >= 11 is 0. The second kappa shape index (κ2) is 10.9. The van der Waals surface area contributed by atoms with E-state index in [-0.39, 0.29) is 18.7 Å². The molecule has 9 heteroatoms. The molecule has 1 N–H and O–H groups in total. The van der Waals surface area contributed by atoms with Gasteiger partial charge in [-0.05, 0) is 45.0 Å². The van der Waals surface area contributed by atoms with Crippen LogP contribution in [0.25, 0.3) is 0 Å². The molecule has 0 bridgehead atoms. The molecule has 0 saturated heterocycles. The predicted octanol–water partition coefficient (Wildman–Crippen LogP) is 2.65. The van der Waals surface area contributed by atoms with Gasteiger partial charge in [0.2, 0.25) is 0 Å². The number of hydrogen-bond donors (Lipinski definition) is 1. The van der Waals surface area contributed by atoms with E-state index in [4.69, 9.17) is 18.6 Å². The van der Waals surface area contributed by atoms with E-state index in [1.807, 2.05) is 13.8 Å². The van der Waals surface area contributed by atoms with E-state index >= 15 is 0 Å². The number of benzene rings is 1. The molecule has 30 heavy (non-hydrogen) atoms. The zero-order valence-electron chi connectivity index (χ0n) is 17.4. The smallest absolute Gasteiger partial charge is 0.341 e. The van der Waals surface area contributed by atoms with E-state index in [0.29, 0.717) is 41.8 Å². The fourth-order valence-electron chi connectivity index (χ4n) is 2.58. The molecule has 1 amide bonds. The second-order valence-corrected chi connectivity index (χ2v) is 6.05. The first-order valence-corrected chi connectivity index (χ1v) is 9.40. The molecule has 2 rings (SSSR count). The van der Waals surface area contributed by atoms with Gasteiger partial charge >= 0.3 is 11.9 Å². The normalized spacial score (nSPS) is 10.3. The number of furan rings is 1. The third-order valence-corrected chi connectivity index (χ3v) is 3.95. The largest absolute Gasteiger partial charge is 0.490 e. The van der Waals surface area contributed by atoms with Gasteiger partial charge in [0.05, 0.1) is 20.3 Å². The number of amides is 1. The van der Waals surface area contributed by atoms with E-state index in [0.717, 1.165) is 0 Å². The van der Waals surface area contributed by atoms with Crippen molar-refractivity contribution in [3.05, 3.63) is 46.9 Å². The Balaban J connectivity index is 1.89. The molecule has 0 saturated carbocycles. The summed E-state index contributed by atoms with van der Waals surface area (Å²) in [5.74, 6) is -0.0181. The van der Waals surface area contributed by atoms with Crippen molar-refractivity contribution >= 4 is 17.8 Å². The molecule has 2 aromatic rings. The lowest BCUT2D eigenvalue weighted by Crippen LogP contribution is -2.30. The summed E-state index contributed by atoms with van der Waals surface area (Å²) < 4.78 is 26.0. The van der Waals surface area contributed by atoms with Crippen molar-refractivity contribution in [3.8, 4) is 11.5 Å². The Hall–Kier alpha value is -3.49. The molecular formula is C21H25NO8. The molecule has 0 aliphatic rings. The third kappa shape index (κ3) is 6.00. The maximum Gasteiger partial charge on any atom is 0.341 e. The van der Waals surface area contributed by atoms with Crippen molar-refractivity contribution in [3.63, 3.8) is 0 Å². The van der Waals surface area contributed by atoms with Gasteiger partial charge < -0.3 is 28.7 Å². The van der Waals surface area contributed by atoms with Crippen molar-refractivity contribution in [1.29, 1.82) is 0 Å². The number of rotatable bonds is 10. The maximum atomic E-state index is 12.3. The maximum absolute atomic E-state index is 12.3. The lowest BCUT2D eigenvalue weighted by atomic mass is 10.2. The monoisotopic (exact) mass is 419 g/mol. The average Bonchev–Trinajstić information content (AvgIpc) is 3.12. The van der Waals surface area contributed by atoms with Crippen LogP contribution in [0.4, 0.5) is 0 Å². The van der Waals surface area contributed by atoms with E-state index in [9.17, 15) is 14.4 Å². The zero-order valence-corrected chi connectivity index (χ0v) is 17.4. The Morgan fingerprint density at radius 1 is 1.03 bits per heavy atom. The SMILES string of the molecule is CCOc1ccc(C(=O)NCC(=O)OCc2cc(C(=O)OC)c(C)o2)cc1OCC. The van der Waals surface area contributed by atoms with Gasteiger partial charge in [-0.15, -0.1) is 0 Å². The van der Waals surface area contributed by atoms with Gasteiger partial charge in [-0.1, -0.05) is 0 Å². The summed E-state index contributed by atoms with van der Waals surface area (Å²) in [4.78, 5) is 35.8. The molecule has 1 heterocycles. The summed E-state index contributed by atoms with van der Waals surface area (Å²) in [7, 11) is 1.26. The molecule has 0 unspecified atom stereocenters. The number of esters is 2. The summed E-state index contributed by atoms with van der Waals surface area (Å²) in [6, 6.07) is 6.21. The van der Waals surface area contributed by atoms with Crippen LogP contribution in [0.5, 0.6) is 11.5 Å². The van der Waals surface area contributed by atoms with Crippen LogP contribution in [0.1, 0.15) is 46.1 Å². The summed E-state index contributed by atoms with van der Waals surface area (Å²) in [5.41, 5.74) is 0.580. The summed E-state index contributed by atoms with van der Waals surface area (Å²) in [6.07, 6.45) is 0. The van der Waals surface area contributed by atoms with E-state index in [2.05, 4.69) is 10.1 Å². The molecule has 0 aliphatic carbocycles. The Labute approximate surface area is 174 Å². The zero-order chi connectivity index (χ0) is 22.1. The molecule has 1 aromatic heterocycles. The first kappa shape index (κ1) is 22.8. The van der Waals surface area contributed by atoms with Crippen LogP contribution in [-0.2, 0) is 20.9 Å². The van der Waals surface area contributed by atoms with Gasteiger partial charge in [-0.3, -0.25) is 9.59 Å². The second-order valence-electron chi connectivity index (χ2n) is 6.05. The number of methoxy groups -OCH3 is 1. The van der Waals surface area contributed by atoms with Crippen molar-refractivity contribution in [2.24, 2.45) is 0 Å². The fourth-order valence-corrected chi connectivity index (χ4v) is 2.58. The number of nitrogens with one attached hydrogen (secondary N) is 1. The molecule has 162 valence electrons. The molecular weight excluding hydrogens is 394 g/mol. The van der Waals surface area contributed by atoms with Crippen molar-refractivity contribution < 1.29 is 37.7 Å². The van der Waals surface area contributed by atoms with Gasteiger partial charge in [0.1, 0.15) is 30.2 Å². The highest BCUT2D eigenvalue weighted by molar-refractivity contribution is 5.96. The summed E-state index contributed by atoms with van der Waals surface area (Å²) in [5, 5.41) is 2.49. The Bertz CT molecular complexity index is 902. The van der Waals surface area contributed by atoms with Crippen LogP contribution >= 0.6 is 0 Å². The number of carbonyl (C=O) groups excluding carboxylic acids is 3. The molecule has 0 radical (unpaired) electrons. The van der Waals surface area contributed by atoms with Crippen LogP contribution in [0.2, 0.25) is 0 Å². The Morgan fingerprint density at radius 3 is 2.40 bits per heavy atom. The lowest BCUT2D eigenvalue weighted by molar-refractivity contribution is -0.144. The van der Waals surface area contributed by atoms with Crippen LogP contribution in [0, 0.1) is 6.92 Å². The number of hydrogen-bond acceptors (Lipinski definition) is 8. The van der Waals surface area contributed by atoms with Crippen LogP contribution in [0.3, 0.4) is 0 Å². The van der Waals surface area contributed by atoms with Crippen LogP contribution < -0.4 is 14.8 Å². The summed E-state index contributed by atoms with van der Waals surface area (Å²) in [6.45, 7) is 5.65. The van der Waals surface area contributed by atoms with Gasteiger partial charge in [-0.2, -0.15) is 0 Å². The number of aryl methyl sites for hydroxylation is 1. The molecule has 0 fully saturated rings. The van der Waals surface area contributed by atoms with Gasteiger partial charge in [0.25, 0.3) is 5.91 Å². The molecule has 0 aliphatic heterocycles. The Morgan fingerprint density at radius 2 is 1.73 bits per heavy atom. The van der Waals surface area contributed by atoms with Gasteiger partial charge in [0, 0.05) is 5.56 Å². The van der Waals surface area contributed by atoms with E-state index in [1.54, 1.807) is 25.1 Å². The minimum Gasteiger partial charge on any atom is -0.490 e. The topological polar surface area (TPSA) is 113 Å². The lowest BCUT2D eigenvalue weighted by Gasteiger charge is -2.12. The molecule has 1 aromatic carbocycles. The highest BCUT2D eigenvalue weighted by Gasteiger charge is 2.17. The molecule has 0 atom stereocenters. The predicted molar refractivity (Wildman–Crippen MR) is 106 cm³/mol. The minimum atomic E-state index is -0.659. The minimum absolute atomic E-state index is 0.177. The van der Waals surface area contributed by atoms with Gasteiger partial charge in [0.15, 0.2) is 11.5 Å². The van der Waals surface area contributed by atoms with E-state index in [1.165, 1.54) is 13.2 Å². The number of carbonyl (C=O) groups is 3. The van der Waals surface area contributed by atoms with Crippen molar-refractivity contribution in [2.75, 3.05) is 26.9 Å². The highest BCUT2D eigenvalue weighted by Crippen LogP contribution is 2.28. The van der Waals surface area contributed by atoms with Gasteiger partial charge in [-0.25, -0.2) is 4.79 Å². The molecule has 9 nitrogen and oxygen atoms in total. The quantitative estimate of drug-likeness (QED) is 0.585. The first-order valence-electron chi connectivity index (χ1n) is 9.40. The van der Waals surface area contributed by atoms with Crippen molar-refractivity contribution in [2.45, 2.75) is 27.4 Å². The number of ether oxygens (including phenoxy) is 4. The standard InChI is InChI=1S/C21H25NO8/c1-5-27-17-8-7-14(9-18(17)28-6-2)20(24)22-11-19(23)29-12-15-10-16(13(3)30-15)21(25)26-4/h7-10H,5-6,11-12H2,1-4H3,(H,22,24).